The average molecular weight is 321 g/mol. The van der Waals surface area contributed by atoms with Gasteiger partial charge in [-0.3, -0.25) is 9.88 Å². The molecule has 0 aliphatic heterocycles. The number of aromatic nitrogens is 2. The van der Waals surface area contributed by atoms with E-state index in [1.165, 1.54) is 16.2 Å². The van der Waals surface area contributed by atoms with E-state index < -0.39 is 6.09 Å². The number of carbonyl (C=O) groups excluding carboxylic acids is 1. The van der Waals surface area contributed by atoms with Gasteiger partial charge in [-0.2, -0.15) is 0 Å². The molecule has 0 bridgehead atoms. The predicted octanol–water partition coefficient (Wildman–Crippen LogP) is 3.12. The highest BCUT2D eigenvalue weighted by Gasteiger charge is 2.21. The standard InChI is InChI=1S/C15H19N3O3S/c1-10(9-20-4)21-15(19)18(3)14-11(2)17-13(22-14)12-6-5-7-16-8-12/h5-8,10H,9H2,1-4H3. The molecule has 7 heteroatoms. The summed E-state index contributed by atoms with van der Waals surface area (Å²) in [5.74, 6) is 0. The molecule has 0 aromatic carbocycles. The minimum atomic E-state index is -0.422. The van der Waals surface area contributed by atoms with Crippen molar-refractivity contribution < 1.29 is 14.3 Å². The Labute approximate surface area is 133 Å². The molecule has 2 aromatic heterocycles. The van der Waals surface area contributed by atoms with Crippen LogP contribution in [-0.4, -0.2) is 42.9 Å². The van der Waals surface area contributed by atoms with E-state index in [1.54, 1.807) is 33.5 Å². The van der Waals surface area contributed by atoms with Crippen molar-refractivity contribution in [3.63, 3.8) is 0 Å². The maximum Gasteiger partial charge on any atom is 0.415 e. The second kappa shape index (κ2) is 7.33. The molecule has 2 aromatic rings. The maximum atomic E-state index is 12.1. The van der Waals surface area contributed by atoms with Gasteiger partial charge in [0, 0.05) is 32.1 Å². The van der Waals surface area contributed by atoms with Gasteiger partial charge in [0.25, 0.3) is 0 Å². The van der Waals surface area contributed by atoms with Crippen LogP contribution in [0.15, 0.2) is 24.5 Å². The summed E-state index contributed by atoms with van der Waals surface area (Å²) >= 11 is 1.43. The van der Waals surface area contributed by atoms with Gasteiger partial charge in [-0.1, -0.05) is 11.3 Å². The molecular formula is C15H19N3O3S. The van der Waals surface area contributed by atoms with Gasteiger partial charge in [0.1, 0.15) is 16.1 Å². The van der Waals surface area contributed by atoms with Crippen LogP contribution < -0.4 is 4.90 Å². The Balaban J connectivity index is 2.15. The first kappa shape index (κ1) is 16.4. The number of hydrogen-bond acceptors (Lipinski definition) is 6. The van der Waals surface area contributed by atoms with Gasteiger partial charge >= 0.3 is 6.09 Å². The van der Waals surface area contributed by atoms with E-state index in [0.717, 1.165) is 21.3 Å². The van der Waals surface area contributed by atoms with Crippen molar-refractivity contribution in [3.8, 4) is 10.6 Å². The quantitative estimate of drug-likeness (QED) is 0.846. The molecule has 22 heavy (non-hydrogen) atoms. The van der Waals surface area contributed by atoms with Crippen LogP contribution in [0.4, 0.5) is 9.80 Å². The molecule has 0 saturated heterocycles. The first-order valence-corrected chi connectivity index (χ1v) is 7.65. The predicted molar refractivity (Wildman–Crippen MR) is 86.3 cm³/mol. The van der Waals surface area contributed by atoms with Crippen molar-refractivity contribution in [1.29, 1.82) is 0 Å². The Morgan fingerprint density at radius 1 is 1.50 bits per heavy atom. The fourth-order valence-electron chi connectivity index (χ4n) is 1.92. The van der Waals surface area contributed by atoms with Crippen LogP contribution in [0, 0.1) is 6.92 Å². The molecule has 0 spiro atoms. The average Bonchev–Trinajstić information content (AvgIpc) is 2.89. The lowest BCUT2D eigenvalue weighted by molar-refractivity contribution is 0.0534. The van der Waals surface area contributed by atoms with Crippen LogP contribution in [0.5, 0.6) is 0 Å². The number of methoxy groups -OCH3 is 1. The minimum absolute atomic E-state index is 0.300. The first-order valence-electron chi connectivity index (χ1n) is 6.84. The topological polar surface area (TPSA) is 64.6 Å². The van der Waals surface area contributed by atoms with E-state index in [9.17, 15) is 4.79 Å². The fourth-order valence-corrected chi connectivity index (χ4v) is 2.92. The molecule has 0 fully saturated rings. The van der Waals surface area contributed by atoms with Gasteiger partial charge in [0.05, 0.1) is 12.3 Å². The highest BCUT2D eigenvalue weighted by Crippen LogP contribution is 2.33. The number of pyridine rings is 1. The monoisotopic (exact) mass is 321 g/mol. The molecule has 1 atom stereocenters. The maximum absolute atomic E-state index is 12.1. The van der Waals surface area contributed by atoms with E-state index in [-0.39, 0.29) is 6.10 Å². The molecule has 118 valence electrons. The van der Waals surface area contributed by atoms with Crippen molar-refractivity contribution >= 4 is 22.4 Å². The molecule has 0 aliphatic rings. The number of nitrogens with zero attached hydrogens (tertiary/aromatic N) is 3. The Kier molecular flexibility index (Phi) is 5.46. The van der Waals surface area contributed by atoms with Crippen LogP contribution >= 0.6 is 11.3 Å². The number of hydrogen-bond donors (Lipinski definition) is 0. The summed E-state index contributed by atoms with van der Waals surface area (Å²) in [5.41, 5.74) is 1.71. The van der Waals surface area contributed by atoms with Crippen molar-refractivity contribution in [3.05, 3.63) is 30.2 Å². The van der Waals surface area contributed by atoms with Crippen LogP contribution in [0.2, 0.25) is 0 Å². The molecule has 2 heterocycles. The molecule has 1 amide bonds. The minimum Gasteiger partial charge on any atom is -0.444 e. The number of ether oxygens (including phenoxy) is 2. The second-order valence-corrected chi connectivity index (χ2v) is 5.84. The third-order valence-electron chi connectivity index (χ3n) is 2.96. The van der Waals surface area contributed by atoms with E-state index in [2.05, 4.69) is 9.97 Å². The van der Waals surface area contributed by atoms with Gasteiger partial charge in [0.15, 0.2) is 0 Å². The number of amides is 1. The summed E-state index contributed by atoms with van der Waals surface area (Å²) in [5, 5.41) is 1.58. The van der Waals surface area contributed by atoms with E-state index in [4.69, 9.17) is 9.47 Å². The van der Waals surface area contributed by atoms with Crippen molar-refractivity contribution in [2.45, 2.75) is 20.0 Å². The van der Waals surface area contributed by atoms with Gasteiger partial charge in [0.2, 0.25) is 0 Å². The Hall–Kier alpha value is -1.99. The van der Waals surface area contributed by atoms with Crippen LogP contribution in [0.3, 0.4) is 0 Å². The number of aryl methyl sites for hydroxylation is 1. The van der Waals surface area contributed by atoms with E-state index >= 15 is 0 Å². The van der Waals surface area contributed by atoms with Crippen molar-refractivity contribution in [2.24, 2.45) is 0 Å². The van der Waals surface area contributed by atoms with Crippen LogP contribution in [0.1, 0.15) is 12.6 Å². The van der Waals surface area contributed by atoms with Gasteiger partial charge in [-0.05, 0) is 26.0 Å². The first-order chi connectivity index (χ1) is 10.5. The van der Waals surface area contributed by atoms with E-state index in [0.29, 0.717) is 6.61 Å². The molecule has 2 rings (SSSR count). The van der Waals surface area contributed by atoms with E-state index in [1.807, 2.05) is 19.1 Å². The summed E-state index contributed by atoms with van der Waals surface area (Å²) in [6, 6.07) is 3.80. The normalized spacial score (nSPS) is 12.0. The molecule has 0 N–H and O–H groups in total. The SMILES string of the molecule is COCC(C)OC(=O)N(C)c1sc(-c2cccnc2)nc1C. The lowest BCUT2D eigenvalue weighted by Gasteiger charge is -2.19. The number of carbonyl (C=O) groups is 1. The third-order valence-corrected chi connectivity index (χ3v) is 4.25. The van der Waals surface area contributed by atoms with Crippen LogP contribution in [-0.2, 0) is 9.47 Å². The Morgan fingerprint density at radius 2 is 2.27 bits per heavy atom. The summed E-state index contributed by atoms with van der Waals surface area (Å²) in [4.78, 5) is 22.2. The zero-order chi connectivity index (χ0) is 16.1. The molecule has 6 nitrogen and oxygen atoms in total. The van der Waals surface area contributed by atoms with Gasteiger partial charge in [-0.15, -0.1) is 0 Å². The molecule has 0 saturated carbocycles. The summed E-state index contributed by atoms with van der Waals surface area (Å²) in [6.07, 6.45) is 2.74. The molecule has 0 radical (unpaired) electrons. The smallest absolute Gasteiger partial charge is 0.415 e. The highest BCUT2D eigenvalue weighted by atomic mass is 32.1. The fraction of sp³-hybridized carbons (Fsp3) is 0.400. The summed E-state index contributed by atoms with van der Waals surface area (Å²) < 4.78 is 10.3. The Bertz CT molecular complexity index is 630. The zero-order valence-electron chi connectivity index (χ0n) is 13.1. The largest absolute Gasteiger partial charge is 0.444 e. The molecule has 0 aliphatic carbocycles. The van der Waals surface area contributed by atoms with Crippen molar-refractivity contribution in [2.75, 3.05) is 25.7 Å². The number of rotatable bonds is 5. The zero-order valence-corrected chi connectivity index (χ0v) is 13.9. The highest BCUT2D eigenvalue weighted by molar-refractivity contribution is 7.19. The van der Waals surface area contributed by atoms with Crippen LogP contribution in [0.25, 0.3) is 10.6 Å². The lowest BCUT2D eigenvalue weighted by atomic mass is 10.3. The molecular weight excluding hydrogens is 302 g/mol. The third kappa shape index (κ3) is 3.80. The second-order valence-electron chi connectivity index (χ2n) is 4.86. The summed E-state index contributed by atoms with van der Waals surface area (Å²) in [7, 11) is 3.25. The van der Waals surface area contributed by atoms with Crippen molar-refractivity contribution in [1.82, 2.24) is 9.97 Å². The molecule has 1 unspecified atom stereocenters. The van der Waals surface area contributed by atoms with Gasteiger partial charge in [-0.25, -0.2) is 9.78 Å². The number of thiazole rings is 1. The van der Waals surface area contributed by atoms with Gasteiger partial charge < -0.3 is 9.47 Å². The summed E-state index contributed by atoms with van der Waals surface area (Å²) in [6.45, 7) is 4.02. The lowest BCUT2D eigenvalue weighted by Crippen LogP contribution is -2.31. The Morgan fingerprint density at radius 3 is 2.91 bits per heavy atom. The number of anilines is 1.